The Morgan fingerprint density at radius 2 is 1.94 bits per heavy atom. The van der Waals surface area contributed by atoms with Gasteiger partial charge < -0.3 is 15.2 Å². The Kier molecular flexibility index (Phi) is 5.40. The van der Waals surface area contributed by atoms with Crippen molar-refractivity contribution >= 4 is 39.5 Å². The highest BCUT2D eigenvalue weighted by Gasteiger charge is 2.31. The monoisotopic (exact) mass is 466 g/mol. The maximum absolute atomic E-state index is 14.8. The van der Waals surface area contributed by atoms with E-state index in [1.165, 1.54) is 35.8 Å². The highest BCUT2D eigenvalue weighted by atomic mass is 32.1. The van der Waals surface area contributed by atoms with Crippen LogP contribution in [0.3, 0.4) is 0 Å². The quantitative estimate of drug-likeness (QED) is 0.307. The van der Waals surface area contributed by atoms with Crippen LogP contribution >= 0.6 is 22.7 Å². The fourth-order valence-corrected chi connectivity index (χ4v) is 5.64. The number of carboxylic acid groups (broad SMARTS) is 1. The molecule has 4 aromatic rings. The molecule has 8 heteroatoms. The largest absolute Gasteiger partial charge is 0.497 e. The van der Waals surface area contributed by atoms with Crippen LogP contribution in [0.4, 0.5) is 15.2 Å². The molecule has 0 amide bonds. The van der Waals surface area contributed by atoms with Crippen LogP contribution in [0.1, 0.15) is 33.3 Å². The van der Waals surface area contributed by atoms with E-state index in [0.717, 1.165) is 28.2 Å². The molecule has 162 valence electrons. The first-order valence-electron chi connectivity index (χ1n) is 10.1. The maximum Gasteiger partial charge on any atom is 0.348 e. The minimum Gasteiger partial charge on any atom is -0.497 e. The molecule has 2 aromatic heterocycles. The summed E-state index contributed by atoms with van der Waals surface area (Å²) in [4.78, 5) is 18.6. The molecular weight excluding hydrogens is 447 g/mol. The van der Waals surface area contributed by atoms with Crippen molar-refractivity contribution in [1.29, 1.82) is 0 Å². The number of rotatable bonds is 7. The molecule has 0 bridgehead atoms. The first-order valence-corrected chi connectivity index (χ1v) is 11.7. The number of benzene rings is 2. The van der Waals surface area contributed by atoms with Gasteiger partial charge in [0.15, 0.2) is 5.13 Å². The molecule has 0 spiro atoms. The van der Waals surface area contributed by atoms with Crippen LogP contribution in [0.25, 0.3) is 21.7 Å². The molecule has 1 fully saturated rings. The van der Waals surface area contributed by atoms with Gasteiger partial charge in [0.2, 0.25) is 0 Å². The summed E-state index contributed by atoms with van der Waals surface area (Å²) >= 11 is 2.67. The SMILES string of the molecule is COc1ccc(-c2nc(Nc3cc(-c4ccccc4)sc3C(=O)O)sc2C2CC2)c(F)c1. The van der Waals surface area contributed by atoms with Gasteiger partial charge in [0.1, 0.15) is 16.4 Å². The van der Waals surface area contributed by atoms with E-state index in [9.17, 15) is 14.3 Å². The zero-order valence-electron chi connectivity index (χ0n) is 17.1. The van der Waals surface area contributed by atoms with E-state index in [-0.39, 0.29) is 4.88 Å². The Hall–Kier alpha value is -3.23. The molecule has 0 atom stereocenters. The molecule has 1 aliphatic carbocycles. The lowest BCUT2D eigenvalue weighted by Crippen LogP contribution is -1.98. The molecule has 0 aliphatic heterocycles. The number of ether oxygens (including phenoxy) is 1. The second-order valence-electron chi connectivity index (χ2n) is 7.50. The van der Waals surface area contributed by atoms with E-state index in [2.05, 4.69) is 10.3 Å². The topological polar surface area (TPSA) is 71.5 Å². The molecule has 5 rings (SSSR count). The Morgan fingerprint density at radius 3 is 2.59 bits per heavy atom. The summed E-state index contributed by atoms with van der Waals surface area (Å²) in [6.07, 6.45) is 2.09. The summed E-state index contributed by atoms with van der Waals surface area (Å²) in [5.74, 6) is -0.581. The first kappa shape index (κ1) is 20.7. The highest BCUT2D eigenvalue weighted by Crippen LogP contribution is 2.49. The smallest absolute Gasteiger partial charge is 0.348 e. The van der Waals surface area contributed by atoms with Crippen LogP contribution in [-0.4, -0.2) is 23.2 Å². The van der Waals surface area contributed by atoms with E-state index in [1.54, 1.807) is 12.1 Å². The standard InChI is InChI=1S/C24H19FN2O3S2/c1-30-15-9-10-16(17(25)11-15)20-21(14-7-8-14)32-24(27-20)26-18-12-19(31-22(18)23(28)29)13-5-3-2-4-6-13/h2-6,9-12,14H,7-8H2,1H3,(H,26,27)(H,28,29). The fourth-order valence-electron chi connectivity index (χ4n) is 3.52. The Bertz CT molecular complexity index is 1300. The van der Waals surface area contributed by atoms with Crippen molar-refractivity contribution in [2.24, 2.45) is 0 Å². The van der Waals surface area contributed by atoms with Crippen LogP contribution in [0.2, 0.25) is 0 Å². The summed E-state index contributed by atoms with van der Waals surface area (Å²) < 4.78 is 19.9. The van der Waals surface area contributed by atoms with Crippen molar-refractivity contribution in [3.63, 3.8) is 0 Å². The molecule has 1 aliphatic rings. The number of aromatic carboxylic acids is 1. The van der Waals surface area contributed by atoms with Gasteiger partial charge in [0, 0.05) is 21.4 Å². The first-order chi connectivity index (χ1) is 15.5. The number of carboxylic acids is 1. The number of halogens is 1. The van der Waals surface area contributed by atoms with Crippen LogP contribution in [0.15, 0.2) is 54.6 Å². The molecule has 32 heavy (non-hydrogen) atoms. The van der Waals surface area contributed by atoms with Gasteiger partial charge in [0.25, 0.3) is 0 Å². The van der Waals surface area contributed by atoms with Crippen LogP contribution < -0.4 is 10.1 Å². The lowest BCUT2D eigenvalue weighted by Gasteiger charge is -2.05. The third-order valence-corrected chi connectivity index (χ3v) is 7.56. The van der Waals surface area contributed by atoms with Gasteiger partial charge in [-0.3, -0.25) is 0 Å². The summed E-state index contributed by atoms with van der Waals surface area (Å²) in [5, 5.41) is 13.5. The van der Waals surface area contributed by atoms with Crippen molar-refractivity contribution < 1.29 is 19.0 Å². The van der Waals surface area contributed by atoms with Crippen LogP contribution in [-0.2, 0) is 0 Å². The van der Waals surface area contributed by atoms with Gasteiger partial charge in [-0.25, -0.2) is 14.2 Å². The normalized spacial score (nSPS) is 13.2. The van der Waals surface area contributed by atoms with E-state index >= 15 is 0 Å². The van der Waals surface area contributed by atoms with Gasteiger partial charge in [-0.05, 0) is 42.5 Å². The molecular formula is C24H19FN2O3S2. The van der Waals surface area contributed by atoms with Crippen molar-refractivity contribution in [2.45, 2.75) is 18.8 Å². The average Bonchev–Trinajstić information content (AvgIpc) is 3.42. The van der Waals surface area contributed by atoms with E-state index in [0.29, 0.717) is 33.7 Å². The molecule has 0 radical (unpaired) electrons. The molecule has 0 saturated heterocycles. The Morgan fingerprint density at radius 1 is 1.16 bits per heavy atom. The van der Waals surface area contributed by atoms with Gasteiger partial charge in [0.05, 0.1) is 18.5 Å². The van der Waals surface area contributed by atoms with Crippen LogP contribution in [0, 0.1) is 5.82 Å². The molecule has 2 heterocycles. The number of anilines is 2. The maximum atomic E-state index is 14.8. The minimum atomic E-state index is -1.000. The number of thiophene rings is 1. The Balaban J connectivity index is 1.52. The summed E-state index contributed by atoms with van der Waals surface area (Å²) in [6, 6.07) is 16.2. The molecule has 2 aromatic carbocycles. The number of hydrogen-bond donors (Lipinski definition) is 2. The summed E-state index contributed by atoms with van der Waals surface area (Å²) in [5.41, 5.74) is 2.47. The number of methoxy groups -OCH3 is 1. The summed E-state index contributed by atoms with van der Waals surface area (Å²) in [7, 11) is 1.50. The predicted molar refractivity (Wildman–Crippen MR) is 126 cm³/mol. The Labute approximate surface area is 192 Å². The molecule has 1 saturated carbocycles. The molecule has 2 N–H and O–H groups in total. The van der Waals surface area contributed by atoms with Crippen molar-refractivity contribution in [3.05, 3.63) is 70.2 Å². The average molecular weight is 467 g/mol. The third-order valence-electron chi connectivity index (χ3n) is 5.26. The zero-order chi connectivity index (χ0) is 22.2. The number of aromatic nitrogens is 1. The number of thiazole rings is 1. The van der Waals surface area contributed by atoms with Gasteiger partial charge >= 0.3 is 5.97 Å². The highest BCUT2D eigenvalue weighted by molar-refractivity contribution is 7.18. The van der Waals surface area contributed by atoms with Gasteiger partial charge in [-0.2, -0.15) is 0 Å². The number of carbonyl (C=O) groups is 1. The van der Waals surface area contributed by atoms with Crippen molar-refractivity contribution in [3.8, 4) is 27.4 Å². The molecule has 5 nitrogen and oxygen atoms in total. The minimum absolute atomic E-state index is 0.212. The van der Waals surface area contributed by atoms with Crippen molar-refractivity contribution in [1.82, 2.24) is 4.98 Å². The number of nitrogens with zero attached hydrogens (tertiary/aromatic N) is 1. The number of hydrogen-bond acceptors (Lipinski definition) is 6. The third kappa shape index (κ3) is 3.99. The van der Waals surface area contributed by atoms with E-state index in [1.807, 2.05) is 36.4 Å². The zero-order valence-corrected chi connectivity index (χ0v) is 18.7. The number of nitrogens with one attached hydrogen (secondary N) is 1. The lowest BCUT2D eigenvalue weighted by atomic mass is 10.1. The second-order valence-corrected chi connectivity index (χ2v) is 9.58. The van der Waals surface area contributed by atoms with Gasteiger partial charge in [-0.15, -0.1) is 22.7 Å². The van der Waals surface area contributed by atoms with Crippen LogP contribution in [0.5, 0.6) is 5.75 Å². The van der Waals surface area contributed by atoms with E-state index < -0.39 is 11.8 Å². The van der Waals surface area contributed by atoms with Crippen molar-refractivity contribution in [2.75, 3.05) is 12.4 Å². The fraction of sp³-hybridized carbons (Fsp3) is 0.167. The lowest BCUT2D eigenvalue weighted by molar-refractivity contribution is 0.0703. The van der Waals surface area contributed by atoms with Gasteiger partial charge in [-0.1, -0.05) is 30.3 Å². The predicted octanol–water partition coefficient (Wildman–Crippen LogP) is 7.01. The van der Waals surface area contributed by atoms with E-state index in [4.69, 9.17) is 4.74 Å². The summed E-state index contributed by atoms with van der Waals surface area (Å²) in [6.45, 7) is 0. The second kappa shape index (κ2) is 8.37. The molecule has 0 unspecified atom stereocenters.